The van der Waals surface area contributed by atoms with Crippen molar-refractivity contribution in [2.24, 2.45) is 0 Å². The molecule has 0 amide bonds. The highest BCUT2D eigenvalue weighted by Crippen LogP contribution is 2.46. The summed E-state index contributed by atoms with van der Waals surface area (Å²) in [5.74, 6) is -1.33. The van der Waals surface area contributed by atoms with Gasteiger partial charge in [-0.2, -0.15) is 4.31 Å². The van der Waals surface area contributed by atoms with Crippen molar-refractivity contribution in [3.63, 3.8) is 0 Å². The lowest BCUT2D eigenvalue weighted by molar-refractivity contribution is -0.160. The van der Waals surface area contributed by atoms with Gasteiger partial charge in [0.25, 0.3) is 0 Å². The van der Waals surface area contributed by atoms with E-state index in [1.807, 2.05) is 41.5 Å². The molecule has 0 unspecified atom stereocenters. The largest absolute Gasteiger partial charge is 0.490 e. The fourth-order valence-corrected chi connectivity index (χ4v) is 9.18. The number of aliphatic carboxylic acids is 1. The van der Waals surface area contributed by atoms with Crippen LogP contribution in [-0.2, 0) is 38.9 Å². The summed E-state index contributed by atoms with van der Waals surface area (Å²) in [5, 5.41) is 10.1. The first-order chi connectivity index (χ1) is 19.7. The molecule has 1 N–H and O–H groups in total. The normalized spacial score (nSPS) is 19.1. The molecular formula is C33H44FNO6S. The molecule has 42 heavy (non-hydrogen) atoms. The van der Waals surface area contributed by atoms with Crippen molar-refractivity contribution in [2.75, 3.05) is 13.2 Å². The Morgan fingerprint density at radius 2 is 1.71 bits per heavy atom. The molecule has 2 aromatic carbocycles. The first-order valence-corrected chi connectivity index (χ1v) is 16.7. The number of rotatable bonds is 6. The van der Waals surface area contributed by atoms with E-state index < -0.39 is 33.5 Å². The number of nitrogens with zero attached hydrogens (tertiary/aromatic N) is 1. The minimum Gasteiger partial charge on any atom is -0.490 e. The SMILES string of the molecule is Cc1c(-c2c(C)c3c(c(C)c2[C@H](OC(C)(C)C)C(=O)O)CCN(S(=O)(=O)C2CCCCC2)C3)cc(F)c2c1CCCO2. The van der Waals surface area contributed by atoms with E-state index in [4.69, 9.17) is 9.47 Å². The number of ether oxygens (including phenoxy) is 2. The monoisotopic (exact) mass is 601 g/mol. The summed E-state index contributed by atoms with van der Waals surface area (Å²) in [6.07, 6.45) is 4.93. The van der Waals surface area contributed by atoms with Gasteiger partial charge in [-0.3, -0.25) is 0 Å². The predicted octanol–water partition coefficient (Wildman–Crippen LogP) is 6.70. The maximum absolute atomic E-state index is 15.6. The third kappa shape index (κ3) is 5.60. The molecule has 2 aliphatic heterocycles. The van der Waals surface area contributed by atoms with Crippen LogP contribution in [0, 0.1) is 26.6 Å². The van der Waals surface area contributed by atoms with E-state index in [-0.39, 0.29) is 17.5 Å². The van der Waals surface area contributed by atoms with Crippen molar-refractivity contribution in [3.8, 4) is 16.9 Å². The van der Waals surface area contributed by atoms with Gasteiger partial charge in [0.15, 0.2) is 17.7 Å². The molecular weight excluding hydrogens is 557 g/mol. The average molecular weight is 602 g/mol. The zero-order chi connectivity index (χ0) is 30.6. The van der Waals surface area contributed by atoms with Gasteiger partial charge >= 0.3 is 5.97 Å². The number of fused-ring (bicyclic) bond motifs is 2. The topological polar surface area (TPSA) is 93.1 Å². The molecule has 2 heterocycles. The molecule has 7 nitrogen and oxygen atoms in total. The number of hydrogen-bond donors (Lipinski definition) is 1. The molecule has 5 rings (SSSR count). The Morgan fingerprint density at radius 3 is 2.36 bits per heavy atom. The fraction of sp³-hybridized carbons (Fsp3) is 0.606. The summed E-state index contributed by atoms with van der Waals surface area (Å²) in [6, 6.07) is 1.45. The number of carbonyl (C=O) groups is 1. The summed E-state index contributed by atoms with van der Waals surface area (Å²) in [6.45, 7) is 12.2. The Bertz CT molecular complexity index is 1500. The van der Waals surface area contributed by atoms with Crippen molar-refractivity contribution in [2.45, 2.75) is 116 Å². The van der Waals surface area contributed by atoms with E-state index in [1.165, 1.54) is 6.07 Å². The standard InChI is InChI=1S/C33H44FNO6S/c1-19-24-13-10-16-40-30(24)27(34)17-25(19)28-21(3)26-18-35(42(38,39)22-11-8-7-9-12-22)15-14-23(26)20(2)29(28)31(32(36)37)41-33(4,5)6/h17,22,31H,7-16,18H2,1-6H3,(H,36,37)/t31-/m0/s1. The third-order valence-corrected chi connectivity index (χ3v) is 11.6. The molecule has 1 saturated carbocycles. The number of carboxylic acid groups (broad SMARTS) is 1. The maximum atomic E-state index is 15.6. The molecule has 2 aromatic rings. The van der Waals surface area contributed by atoms with E-state index in [1.54, 1.807) is 4.31 Å². The molecule has 0 saturated heterocycles. The van der Waals surface area contributed by atoms with Gasteiger partial charge in [0.2, 0.25) is 10.0 Å². The molecule has 0 radical (unpaired) electrons. The summed E-state index contributed by atoms with van der Waals surface area (Å²) >= 11 is 0. The molecule has 0 spiro atoms. The fourth-order valence-electron chi connectivity index (χ4n) is 7.17. The zero-order valence-corrected chi connectivity index (χ0v) is 26.5. The number of carboxylic acids is 1. The van der Waals surface area contributed by atoms with Crippen molar-refractivity contribution in [1.29, 1.82) is 0 Å². The minimum absolute atomic E-state index is 0.224. The number of halogens is 1. The van der Waals surface area contributed by atoms with Crippen LogP contribution in [0.4, 0.5) is 4.39 Å². The highest BCUT2D eigenvalue weighted by atomic mass is 32.2. The van der Waals surface area contributed by atoms with E-state index in [0.717, 1.165) is 59.1 Å². The first kappa shape index (κ1) is 31.0. The maximum Gasteiger partial charge on any atom is 0.337 e. The van der Waals surface area contributed by atoms with E-state index in [2.05, 4.69) is 0 Å². The second-order valence-corrected chi connectivity index (χ2v) is 15.3. The quantitative estimate of drug-likeness (QED) is 0.396. The summed E-state index contributed by atoms with van der Waals surface area (Å²) in [4.78, 5) is 12.8. The Morgan fingerprint density at radius 1 is 1.02 bits per heavy atom. The molecule has 9 heteroatoms. The van der Waals surface area contributed by atoms with Crippen LogP contribution in [-0.4, -0.2) is 47.8 Å². The van der Waals surface area contributed by atoms with Gasteiger partial charge in [-0.1, -0.05) is 19.3 Å². The van der Waals surface area contributed by atoms with Crippen molar-refractivity contribution < 1.29 is 32.2 Å². The molecule has 0 aromatic heterocycles. The zero-order valence-electron chi connectivity index (χ0n) is 25.7. The van der Waals surface area contributed by atoms with E-state index in [0.29, 0.717) is 55.5 Å². The summed E-state index contributed by atoms with van der Waals surface area (Å²) < 4.78 is 56.6. The van der Waals surface area contributed by atoms with Crippen LogP contribution in [0.2, 0.25) is 0 Å². The lowest BCUT2D eigenvalue weighted by Gasteiger charge is -2.37. The average Bonchev–Trinajstić information content (AvgIpc) is 2.95. The molecule has 1 fully saturated rings. The Hall–Kier alpha value is -2.49. The van der Waals surface area contributed by atoms with Crippen molar-refractivity contribution in [3.05, 3.63) is 50.8 Å². The number of benzene rings is 2. The van der Waals surface area contributed by atoms with Gasteiger partial charge in [0.1, 0.15) is 0 Å². The molecule has 3 aliphatic rings. The van der Waals surface area contributed by atoms with Crippen LogP contribution in [0.15, 0.2) is 6.07 Å². The van der Waals surface area contributed by atoms with Gasteiger partial charge in [0, 0.05) is 24.2 Å². The highest BCUT2D eigenvalue weighted by Gasteiger charge is 2.39. The van der Waals surface area contributed by atoms with Crippen LogP contribution in [0.25, 0.3) is 11.1 Å². The van der Waals surface area contributed by atoms with Crippen molar-refractivity contribution in [1.82, 2.24) is 4.31 Å². The second-order valence-electron chi connectivity index (χ2n) is 13.1. The summed E-state index contributed by atoms with van der Waals surface area (Å²) in [7, 11) is -3.49. The minimum atomic E-state index is -3.49. The van der Waals surface area contributed by atoms with Gasteiger partial charge < -0.3 is 14.6 Å². The Labute approximate surface area is 249 Å². The highest BCUT2D eigenvalue weighted by molar-refractivity contribution is 7.89. The van der Waals surface area contributed by atoms with Gasteiger partial charge in [-0.15, -0.1) is 0 Å². The van der Waals surface area contributed by atoms with Gasteiger partial charge in [-0.05, 0) is 119 Å². The Kier molecular flexibility index (Phi) is 8.51. The van der Waals surface area contributed by atoms with Crippen LogP contribution >= 0.6 is 0 Å². The second kappa shape index (κ2) is 11.5. The van der Waals surface area contributed by atoms with Gasteiger partial charge in [-0.25, -0.2) is 17.6 Å². The first-order valence-electron chi connectivity index (χ1n) is 15.2. The van der Waals surface area contributed by atoms with E-state index >= 15 is 4.39 Å². The summed E-state index contributed by atoms with van der Waals surface area (Å²) in [5.41, 5.74) is 6.00. The predicted molar refractivity (Wildman–Crippen MR) is 161 cm³/mol. The van der Waals surface area contributed by atoms with Crippen LogP contribution in [0.1, 0.15) is 104 Å². The third-order valence-electron chi connectivity index (χ3n) is 9.26. The molecule has 230 valence electrons. The molecule has 0 bridgehead atoms. The van der Waals surface area contributed by atoms with Gasteiger partial charge in [0.05, 0.1) is 17.5 Å². The van der Waals surface area contributed by atoms with Crippen LogP contribution in [0.5, 0.6) is 5.75 Å². The number of hydrogen-bond acceptors (Lipinski definition) is 5. The molecule has 1 aliphatic carbocycles. The number of sulfonamides is 1. The lowest BCUT2D eigenvalue weighted by atomic mass is 9.78. The van der Waals surface area contributed by atoms with Crippen LogP contribution in [0.3, 0.4) is 0 Å². The van der Waals surface area contributed by atoms with Crippen LogP contribution < -0.4 is 4.74 Å². The lowest BCUT2D eigenvalue weighted by Crippen LogP contribution is -2.43. The van der Waals surface area contributed by atoms with Crippen molar-refractivity contribution >= 4 is 16.0 Å². The van der Waals surface area contributed by atoms with E-state index in [9.17, 15) is 18.3 Å². The Balaban J connectivity index is 1.74. The smallest absolute Gasteiger partial charge is 0.337 e. The molecule has 1 atom stereocenters.